The van der Waals surface area contributed by atoms with Gasteiger partial charge in [-0.1, -0.05) is 39.0 Å². The molecule has 8 heteroatoms. The lowest BCUT2D eigenvalue weighted by Crippen LogP contribution is -2.36. The Morgan fingerprint density at radius 1 is 0.611 bits per heavy atom. The third kappa shape index (κ3) is 3.87. The Balaban J connectivity index is 0.000000489. The topological polar surface area (TPSA) is 13.7 Å². The average molecular weight is 495 g/mol. The second-order valence-electron chi connectivity index (χ2n) is 9.34. The first-order chi connectivity index (χ1) is 17.3. The Kier molecular flexibility index (Phi) is 6.31. The Morgan fingerprint density at radius 2 is 1.03 bits per heavy atom. The zero-order chi connectivity index (χ0) is 25.6. The lowest BCUT2D eigenvalue weighted by molar-refractivity contribution is -0.645. The van der Waals surface area contributed by atoms with Gasteiger partial charge in [-0.2, -0.15) is 4.57 Å². The summed E-state index contributed by atoms with van der Waals surface area (Å²) in [7, 11) is -6.00. The summed E-state index contributed by atoms with van der Waals surface area (Å²) in [6.45, 7) is 9.96. The van der Waals surface area contributed by atoms with Gasteiger partial charge >= 0.3 is 7.25 Å². The number of halogens is 4. The highest BCUT2D eigenvalue weighted by Gasteiger charge is 2.31. The number of hydrogen-bond acceptors (Lipinski definition) is 0. The molecule has 0 atom stereocenters. The van der Waals surface area contributed by atoms with E-state index in [9.17, 15) is 17.3 Å². The highest BCUT2D eigenvalue weighted by molar-refractivity contribution is 6.50. The number of nitrogens with zero attached hydrogens (tertiary/aromatic N) is 3. The van der Waals surface area contributed by atoms with Gasteiger partial charge in [-0.05, 0) is 37.1 Å². The Bertz CT molecular complexity index is 1520. The van der Waals surface area contributed by atoms with Gasteiger partial charge in [-0.3, -0.25) is 0 Å². The summed E-state index contributed by atoms with van der Waals surface area (Å²) in [5.74, 6) is 0. The van der Waals surface area contributed by atoms with Crippen LogP contribution >= 0.6 is 0 Å². The molecule has 0 N–H and O–H groups in total. The fourth-order valence-corrected chi connectivity index (χ4v) is 5.86. The summed E-state index contributed by atoms with van der Waals surface area (Å²) in [4.78, 5) is 0. The van der Waals surface area contributed by atoms with Crippen LogP contribution < -0.4 is 4.57 Å². The van der Waals surface area contributed by atoms with Gasteiger partial charge in [0.1, 0.15) is 6.54 Å². The highest BCUT2D eigenvalue weighted by Crippen LogP contribution is 2.47. The molecule has 3 heterocycles. The predicted octanol–water partition coefficient (Wildman–Crippen LogP) is 8.26. The molecular weight excluding hydrogens is 465 g/mol. The summed E-state index contributed by atoms with van der Waals surface area (Å²) < 4.78 is 46.7. The predicted molar refractivity (Wildman–Crippen MR) is 142 cm³/mol. The Labute approximate surface area is 207 Å². The van der Waals surface area contributed by atoms with Crippen molar-refractivity contribution in [1.29, 1.82) is 0 Å². The maximum atomic E-state index is 9.75. The third-order valence-electron chi connectivity index (χ3n) is 6.90. The molecule has 6 rings (SSSR count). The van der Waals surface area contributed by atoms with Crippen molar-refractivity contribution in [3.05, 3.63) is 54.6 Å². The van der Waals surface area contributed by atoms with E-state index in [0.717, 1.165) is 38.9 Å². The van der Waals surface area contributed by atoms with E-state index in [1.54, 1.807) is 0 Å². The summed E-state index contributed by atoms with van der Waals surface area (Å²) >= 11 is 0. The van der Waals surface area contributed by atoms with Gasteiger partial charge in [-0.25, -0.2) is 0 Å². The molecule has 0 saturated heterocycles. The molecule has 0 unspecified atom stereocenters. The maximum Gasteiger partial charge on any atom is 0.673 e. The van der Waals surface area contributed by atoms with E-state index in [1.165, 1.54) is 55.0 Å². The van der Waals surface area contributed by atoms with Gasteiger partial charge in [-0.15, -0.1) is 0 Å². The number of aromatic nitrogens is 3. The summed E-state index contributed by atoms with van der Waals surface area (Å²) in [5, 5.41) is 2.86. The summed E-state index contributed by atoms with van der Waals surface area (Å²) in [5.41, 5.74) is 11.1. The van der Waals surface area contributed by atoms with Crippen molar-refractivity contribution in [3.8, 4) is 11.1 Å². The molecule has 36 heavy (non-hydrogen) atoms. The van der Waals surface area contributed by atoms with Crippen LogP contribution in [0.4, 0.5) is 17.3 Å². The molecule has 0 radical (unpaired) electrons. The molecule has 2 aliphatic heterocycles. The highest BCUT2D eigenvalue weighted by atomic mass is 19.5. The standard InChI is InChI=1S/C28H30N3.BF4/c1-4-16-29-19-10-7-12-21-25(19)28-26-20(29)11-8-13-22(26)31(18-6-3)24-15-9-14-23(27(24)28)30(21)17-5-2;2-1(3,4)5/h7-15H,4-6,16-18H2,1-3H3;/q+1;-1. The normalized spacial score (nSPS) is 12.4. The molecule has 0 fully saturated rings. The largest absolute Gasteiger partial charge is 0.673 e. The molecule has 188 valence electrons. The first-order valence-electron chi connectivity index (χ1n) is 12.8. The van der Waals surface area contributed by atoms with E-state index in [1.807, 2.05) is 0 Å². The minimum atomic E-state index is -6.00. The third-order valence-corrected chi connectivity index (χ3v) is 6.90. The average Bonchev–Trinajstić information content (AvgIpc) is 2.84. The van der Waals surface area contributed by atoms with E-state index in [0.29, 0.717) is 0 Å². The lowest BCUT2D eigenvalue weighted by atomic mass is 9.89. The van der Waals surface area contributed by atoms with Crippen molar-refractivity contribution in [2.75, 3.05) is 0 Å². The number of rotatable bonds is 6. The number of benzene rings is 3. The first-order valence-corrected chi connectivity index (χ1v) is 12.8. The van der Waals surface area contributed by atoms with E-state index in [-0.39, 0.29) is 0 Å². The van der Waals surface area contributed by atoms with Gasteiger partial charge in [0, 0.05) is 42.8 Å². The molecule has 0 bridgehead atoms. The number of pyridine rings is 3. The van der Waals surface area contributed by atoms with Gasteiger partial charge < -0.3 is 26.4 Å². The van der Waals surface area contributed by atoms with Crippen LogP contribution in [0.15, 0.2) is 54.6 Å². The van der Waals surface area contributed by atoms with Crippen molar-refractivity contribution < 1.29 is 21.8 Å². The second kappa shape index (κ2) is 9.30. The molecule has 0 spiro atoms. The monoisotopic (exact) mass is 495 g/mol. The van der Waals surface area contributed by atoms with Crippen molar-refractivity contribution >= 4 is 51.1 Å². The molecule has 4 aromatic rings. The van der Waals surface area contributed by atoms with E-state index < -0.39 is 7.25 Å². The minimum Gasteiger partial charge on any atom is -0.418 e. The van der Waals surface area contributed by atoms with Crippen LogP contribution in [0.3, 0.4) is 0 Å². The zero-order valence-corrected chi connectivity index (χ0v) is 20.9. The SMILES string of the molecule is CCCn1c2cccc3c2-c2c4c1cccc4[n+](CCC)c1cccc(c21)n3CCC.F[B-](F)(F)F. The molecule has 0 aliphatic carbocycles. The van der Waals surface area contributed by atoms with E-state index in [4.69, 9.17) is 0 Å². The van der Waals surface area contributed by atoms with Crippen LogP contribution in [0.25, 0.3) is 55.0 Å². The minimum absolute atomic E-state index is 1.04. The van der Waals surface area contributed by atoms with Gasteiger partial charge in [0.2, 0.25) is 11.0 Å². The van der Waals surface area contributed by atoms with Crippen molar-refractivity contribution in [1.82, 2.24) is 9.13 Å². The van der Waals surface area contributed by atoms with Crippen LogP contribution in [-0.4, -0.2) is 16.4 Å². The molecular formula is C28H30BF4N3. The fraction of sp³-hybridized carbons (Fsp3) is 0.321. The number of hydrogen-bond donors (Lipinski definition) is 0. The summed E-state index contributed by atoms with van der Waals surface area (Å²) in [6, 6.07) is 20.7. The molecule has 0 saturated carbocycles. The smallest absolute Gasteiger partial charge is 0.418 e. The van der Waals surface area contributed by atoms with Crippen molar-refractivity contribution in [2.24, 2.45) is 0 Å². The maximum absolute atomic E-state index is 9.75. The van der Waals surface area contributed by atoms with Crippen molar-refractivity contribution in [3.63, 3.8) is 0 Å². The van der Waals surface area contributed by atoms with Crippen LogP contribution in [0, 0.1) is 0 Å². The van der Waals surface area contributed by atoms with E-state index >= 15 is 0 Å². The molecule has 0 amide bonds. The first kappa shape index (κ1) is 24.4. The van der Waals surface area contributed by atoms with Crippen LogP contribution in [-0.2, 0) is 19.6 Å². The van der Waals surface area contributed by atoms with Crippen LogP contribution in [0.5, 0.6) is 0 Å². The fourth-order valence-electron chi connectivity index (χ4n) is 5.86. The van der Waals surface area contributed by atoms with Gasteiger partial charge in [0.25, 0.3) is 0 Å². The summed E-state index contributed by atoms with van der Waals surface area (Å²) in [6.07, 6.45) is 3.38. The van der Waals surface area contributed by atoms with Gasteiger partial charge in [0.05, 0.1) is 32.8 Å². The van der Waals surface area contributed by atoms with E-state index in [2.05, 4.69) is 89.1 Å². The molecule has 1 aromatic heterocycles. The van der Waals surface area contributed by atoms with Crippen LogP contribution in [0.2, 0.25) is 0 Å². The van der Waals surface area contributed by atoms with Crippen LogP contribution in [0.1, 0.15) is 40.0 Å². The second-order valence-corrected chi connectivity index (χ2v) is 9.34. The quantitative estimate of drug-likeness (QED) is 0.0726. The number of aryl methyl sites for hydroxylation is 3. The van der Waals surface area contributed by atoms with Crippen molar-refractivity contribution in [2.45, 2.75) is 59.7 Å². The lowest BCUT2D eigenvalue weighted by Gasteiger charge is -2.27. The molecule has 3 aromatic carbocycles. The molecule has 2 aliphatic rings. The Morgan fingerprint density at radius 3 is 1.44 bits per heavy atom. The Hall–Kier alpha value is -3.29. The molecule has 3 nitrogen and oxygen atoms in total. The zero-order valence-electron chi connectivity index (χ0n) is 20.9. The van der Waals surface area contributed by atoms with Gasteiger partial charge in [0.15, 0.2) is 0 Å².